The van der Waals surface area contributed by atoms with Crippen LogP contribution in [0, 0.1) is 0 Å². The van der Waals surface area contributed by atoms with Crippen LogP contribution in [-0.4, -0.2) is 6.54 Å². The molecule has 1 aromatic carbocycles. The first kappa shape index (κ1) is 7.47. The molecule has 0 saturated carbocycles. The number of rotatable bonds is 1. The third-order valence-corrected chi connectivity index (χ3v) is 2.62. The number of nitrogen functional groups attached to an aromatic ring is 1. The Hall–Kier alpha value is -1.18. The monoisotopic (exact) mass is 162 g/mol. The van der Waals surface area contributed by atoms with E-state index in [4.69, 9.17) is 5.73 Å². The molecule has 0 bridgehead atoms. The third-order valence-electron chi connectivity index (χ3n) is 2.62. The number of hydrogen-bond donors (Lipinski definition) is 1. The van der Waals surface area contributed by atoms with Gasteiger partial charge < -0.3 is 10.6 Å². The molecule has 12 heavy (non-hydrogen) atoms. The minimum Gasteiger partial charge on any atom is -0.399 e. The van der Waals surface area contributed by atoms with Gasteiger partial charge in [-0.25, -0.2) is 0 Å². The molecule has 1 atom stereocenters. The predicted molar refractivity (Wildman–Crippen MR) is 52.3 cm³/mol. The van der Waals surface area contributed by atoms with Gasteiger partial charge in [-0.15, -0.1) is 0 Å². The van der Waals surface area contributed by atoms with Crippen LogP contribution in [0.1, 0.15) is 25.5 Å². The molecular formula is C10H14N2. The van der Waals surface area contributed by atoms with Crippen molar-refractivity contribution < 1.29 is 0 Å². The van der Waals surface area contributed by atoms with Gasteiger partial charge in [0.1, 0.15) is 0 Å². The van der Waals surface area contributed by atoms with Gasteiger partial charge in [0.25, 0.3) is 0 Å². The number of fused-ring (bicyclic) bond motifs is 1. The quantitative estimate of drug-likeness (QED) is 0.641. The van der Waals surface area contributed by atoms with Crippen molar-refractivity contribution in [3.8, 4) is 0 Å². The zero-order valence-corrected chi connectivity index (χ0v) is 7.54. The molecule has 1 aromatic rings. The van der Waals surface area contributed by atoms with Crippen molar-refractivity contribution in [2.45, 2.75) is 19.9 Å². The smallest absolute Gasteiger partial charge is 0.0535 e. The Balaban J connectivity index is 2.41. The summed E-state index contributed by atoms with van der Waals surface area (Å²) in [5.41, 5.74) is 9.30. The Morgan fingerprint density at radius 3 is 2.92 bits per heavy atom. The Kier molecular flexibility index (Phi) is 1.50. The molecule has 64 valence electrons. The molecule has 2 rings (SSSR count). The average molecular weight is 162 g/mol. The maximum absolute atomic E-state index is 5.69. The summed E-state index contributed by atoms with van der Waals surface area (Å²) in [6, 6.07) is 6.70. The number of benzene rings is 1. The highest BCUT2D eigenvalue weighted by molar-refractivity contribution is 5.69. The lowest BCUT2D eigenvalue weighted by Crippen LogP contribution is -2.36. The summed E-state index contributed by atoms with van der Waals surface area (Å²) in [4.78, 5) is 2.37. The van der Waals surface area contributed by atoms with E-state index in [1.54, 1.807) is 0 Å². The average Bonchev–Trinajstić information content (AvgIpc) is 2.07. The lowest BCUT2D eigenvalue weighted by atomic mass is 9.94. The lowest BCUT2D eigenvalue weighted by Gasteiger charge is -2.42. The summed E-state index contributed by atoms with van der Waals surface area (Å²) in [5.74, 6) is 0. The molecule has 0 fully saturated rings. The van der Waals surface area contributed by atoms with E-state index in [1.165, 1.54) is 11.3 Å². The van der Waals surface area contributed by atoms with Crippen LogP contribution >= 0.6 is 0 Å². The summed E-state index contributed by atoms with van der Waals surface area (Å²) in [6.45, 7) is 5.47. The van der Waals surface area contributed by atoms with Crippen molar-refractivity contribution in [3.05, 3.63) is 23.8 Å². The van der Waals surface area contributed by atoms with E-state index in [-0.39, 0.29) is 0 Å². The molecule has 2 N–H and O–H groups in total. The molecule has 1 unspecified atom stereocenters. The molecule has 1 aliphatic heterocycles. The van der Waals surface area contributed by atoms with Gasteiger partial charge >= 0.3 is 0 Å². The second kappa shape index (κ2) is 2.41. The van der Waals surface area contributed by atoms with Gasteiger partial charge in [-0.1, -0.05) is 0 Å². The van der Waals surface area contributed by atoms with Crippen LogP contribution in [-0.2, 0) is 0 Å². The molecule has 2 nitrogen and oxygen atoms in total. The fourth-order valence-corrected chi connectivity index (χ4v) is 1.92. The van der Waals surface area contributed by atoms with Gasteiger partial charge in [0.2, 0.25) is 0 Å². The third kappa shape index (κ3) is 0.809. The van der Waals surface area contributed by atoms with E-state index in [0.29, 0.717) is 6.04 Å². The van der Waals surface area contributed by atoms with E-state index in [0.717, 1.165) is 12.2 Å². The van der Waals surface area contributed by atoms with Crippen LogP contribution in [0.2, 0.25) is 0 Å². The van der Waals surface area contributed by atoms with Gasteiger partial charge in [0.15, 0.2) is 0 Å². The molecule has 0 aliphatic carbocycles. The van der Waals surface area contributed by atoms with Crippen LogP contribution < -0.4 is 10.6 Å². The minimum atomic E-state index is 0.550. The Morgan fingerprint density at radius 1 is 1.50 bits per heavy atom. The van der Waals surface area contributed by atoms with Crippen LogP contribution in [0.25, 0.3) is 0 Å². The second-order valence-corrected chi connectivity index (χ2v) is 3.28. The molecular weight excluding hydrogens is 148 g/mol. The zero-order chi connectivity index (χ0) is 8.72. The van der Waals surface area contributed by atoms with Crippen molar-refractivity contribution in [2.75, 3.05) is 17.2 Å². The molecule has 1 aliphatic rings. The van der Waals surface area contributed by atoms with Crippen LogP contribution in [0.4, 0.5) is 11.4 Å². The normalized spacial score (nSPS) is 20.2. The molecule has 0 aromatic heterocycles. The van der Waals surface area contributed by atoms with Gasteiger partial charge in [-0.05, 0) is 37.6 Å². The maximum Gasteiger partial charge on any atom is 0.0535 e. The molecule has 0 radical (unpaired) electrons. The Morgan fingerprint density at radius 2 is 2.25 bits per heavy atom. The molecule has 2 heteroatoms. The topological polar surface area (TPSA) is 29.3 Å². The van der Waals surface area contributed by atoms with Gasteiger partial charge in [0, 0.05) is 17.9 Å². The van der Waals surface area contributed by atoms with Crippen molar-refractivity contribution in [2.24, 2.45) is 0 Å². The number of nitrogens with zero attached hydrogens (tertiary/aromatic N) is 1. The van der Waals surface area contributed by atoms with E-state index >= 15 is 0 Å². The van der Waals surface area contributed by atoms with Crippen LogP contribution in [0.3, 0.4) is 0 Å². The number of anilines is 2. The summed E-state index contributed by atoms with van der Waals surface area (Å²) in [6.07, 6.45) is 0. The summed E-state index contributed by atoms with van der Waals surface area (Å²) >= 11 is 0. The number of nitrogens with two attached hydrogens (primary N) is 1. The second-order valence-electron chi connectivity index (χ2n) is 3.28. The summed E-state index contributed by atoms with van der Waals surface area (Å²) in [7, 11) is 0. The number of hydrogen-bond acceptors (Lipinski definition) is 2. The largest absolute Gasteiger partial charge is 0.399 e. The van der Waals surface area contributed by atoms with Gasteiger partial charge in [-0.3, -0.25) is 0 Å². The maximum atomic E-state index is 5.69. The zero-order valence-electron chi connectivity index (χ0n) is 7.54. The Bertz CT molecular complexity index is 307. The van der Waals surface area contributed by atoms with Crippen molar-refractivity contribution in [1.82, 2.24) is 0 Å². The van der Waals surface area contributed by atoms with Crippen molar-refractivity contribution in [1.29, 1.82) is 0 Å². The van der Waals surface area contributed by atoms with Crippen LogP contribution in [0.15, 0.2) is 18.2 Å². The van der Waals surface area contributed by atoms with E-state index in [9.17, 15) is 0 Å². The highest BCUT2D eigenvalue weighted by Gasteiger charge is 2.28. The minimum absolute atomic E-state index is 0.550. The predicted octanol–water partition coefficient (Wildman–Crippen LogP) is 2.17. The Labute approximate surface area is 73.0 Å². The standard InChI is InChI=1S/C10H14N2/c1-3-12-7(2)9-6-8(11)4-5-10(9)12/h4-7H,3,11H2,1-2H3. The van der Waals surface area contributed by atoms with E-state index < -0.39 is 0 Å². The van der Waals surface area contributed by atoms with E-state index in [1.807, 2.05) is 6.07 Å². The van der Waals surface area contributed by atoms with E-state index in [2.05, 4.69) is 30.9 Å². The molecule has 0 spiro atoms. The molecule has 0 saturated heterocycles. The fraction of sp³-hybridized carbons (Fsp3) is 0.400. The van der Waals surface area contributed by atoms with Crippen molar-refractivity contribution >= 4 is 11.4 Å². The molecule has 1 heterocycles. The van der Waals surface area contributed by atoms with Gasteiger partial charge in [0.05, 0.1) is 6.04 Å². The summed E-state index contributed by atoms with van der Waals surface area (Å²) < 4.78 is 0. The fourth-order valence-electron chi connectivity index (χ4n) is 1.92. The highest BCUT2D eigenvalue weighted by atomic mass is 15.2. The van der Waals surface area contributed by atoms with Crippen molar-refractivity contribution in [3.63, 3.8) is 0 Å². The lowest BCUT2D eigenvalue weighted by molar-refractivity contribution is 0.628. The van der Waals surface area contributed by atoms with Crippen LogP contribution in [0.5, 0.6) is 0 Å². The first-order valence-corrected chi connectivity index (χ1v) is 4.40. The highest BCUT2D eigenvalue weighted by Crippen LogP contribution is 2.43. The molecule has 0 amide bonds. The SMILES string of the molecule is CCN1c2ccc(N)cc2C1C. The summed E-state index contributed by atoms with van der Waals surface area (Å²) in [5, 5.41) is 0. The first-order valence-electron chi connectivity index (χ1n) is 4.40. The van der Waals surface area contributed by atoms with Gasteiger partial charge in [-0.2, -0.15) is 0 Å². The first-order chi connectivity index (χ1) is 5.74.